The Kier molecular flexibility index (Phi) is 5.62. The average Bonchev–Trinajstić information content (AvgIpc) is 3.24. The van der Waals surface area contributed by atoms with Crippen molar-refractivity contribution in [1.29, 1.82) is 0 Å². The van der Waals surface area contributed by atoms with Crippen LogP contribution in [0.5, 0.6) is 5.75 Å². The second kappa shape index (κ2) is 8.49. The lowest BCUT2D eigenvalue weighted by Gasteiger charge is -2.34. The van der Waals surface area contributed by atoms with Crippen molar-refractivity contribution in [1.82, 2.24) is 9.80 Å². The molecule has 0 bridgehead atoms. The van der Waals surface area contributed by atoms with E-state index in [1.807, 2.05) is 47.4 Å². The van der Waals surface area contributed by atoms with Gasteiger partial charge < -0.3 is 15.0 Å². The minimum atomic E-state index is -0.142. The Balaban J connectivity index is 1.34. The second-order valence-corrected chi connectivity index (χ2v) is 7.35. The van der Waals surface area contributed by atoms with Crippen LogP contribution in [0.25, 0.3) is 0 Å². The molecular weight excluding hydrogens is 366 g/mol. The maximum Gasteiger partial charge on any atom is 0.255 e. The summed E-state index contributed by atoms with van der Waals surface area (Å²) in [5, 5.41) is 2.96. The van der Waals surface area contributed by atoms with E-state index in [1.165, 1.54) is 6.08 Å². The molecule has 0 atom stereocenters. The van der Waals surface area contributed by atoms with Gasteiger partial charge in [0.2, 0.25) is 5.91 Å². The summed E-state index contributed by atoms with van der Waals surface area (Å²) in [7, 11) is 0. The van der Waals surface area contributed by atoms with Crippen molar-refractivity contribution < 1.29 is 14.3 Å². The number of benzene rings is 2. The molecule has 2 heterocycles. The Labute approximate surface area is 170 Å². The van der Waals surface area contributed by atoms with Gasteiger partial charge in [0.1, 0.15) is 5.75 Å². The number of carbonyl (C=O) groups excluding carboxylic acids is 2. The summed E-state index contributed by atoms with van der Waals surface area (Å²) in [6, 6.07) is 13.5. The predicted molar refractivity (Wildman–Crippen MR) is 112 cm³/mol. The molecule has 2 aromatic rings. The van der Waals surface area contributed by atoms with Crippen LogP contribution >= 0.6 is 0 Å². The van der Waals surface area contributed by atoms with Gasteiger partial charge in [-0.15, -0.1) is 0 Å². The molecule has 0 aromatic heterocycles. The predicted octanol–water partition coefficient (Wildman–Crippen LogP) is 2.70. The summed E-state index contributed by atoms with van der Waals surface area (Å²) < 4.78 is 5.65. The molecule has 2 aliphatic heterocycles. The lowest BCUT2D eigenvalue weighted by molar-refractivity contribution is -0.127. The van der Waals surface area contributed by atoms with E-state index in [4.69, 9.17) is 4.74 Å². The molecule has 6 heteroatoms. The van der Waals surface area contributed by atoms with Crippen molar-refractivity contribution in [2.45, 2.75) is 13.0 Å². The fourth-order valence-corrected chi connectivity index (χ4v) is 3.78. The van der Waals surface area contributed by atoms with Gasteiger partial charge >= 0.3 is 0 Å². The third-order valence-corrected chi connectivity index (χ3v) is 5.44. The van der Waals surface area contributed by atoms with E-state index in [9.17, 15) is 9.59 Å². The van der Waals surface area contributed by atoms with Crippen LogP contribution in [0, 0.1) is 0 Å². The van der Waals surface area contributed by atoms with E-state index in [0.717, 1.165) is 61.7 Å². The summed E-state index contributed by atoms with van der Waals surface area (Å²) in [4.78, 5) is 28.4. The molecule has 29 heavy (non-hydrogen) atoms. The summed E-state index contributed by atoms with van der Waals surface area (Å²) in [5.74, 6) is 0.637. The first-order chi connectivity index (χ1) is 14.1. The summed E-state index contributed by atoms with van der Waals surface area (Å²) in [6.07, 6.45) is 2.25. The van der Waals surface area contributed by atoms with Crippen LogP contribution < -0.4 is 10.1 Å². The van der Waals surface area contributed by atoms with E-state index in [-0.39, 0.29) is 11.8 Å². The fourth-order valence-electron chi connectivity index (χ4n) is 3.78. The minimum Gasteiger partial charge on any atom is -0.491 e. The van der Waals surface area contributed by atoms with Crippen LogP contribution in [0.4, 0.5) is 5.69 Å². The van der Waals surface area contributed by atoms with Crippen molar-refractivity contribution in [2.24, 2.45) is 0 Å². The molecule has 150 valence electrons. The van der Waals surface area contributed by atoms with Gasteiger partial charge in [0.15, 0.2) is 0 Å². The first kappa shape index (κ1) is 19.2. The molecule has 0 unspecified atom stereocenters. The summed E-state index contributed by atoms with van der Waals surface area (Å²) in [5.41, 5.74) is 3.62. The van der Waals surface area contributed by atoms with Crippen molar-refractivity contribution in [3.05, 3.63) is 71.8 Å². The largest absolute Gasteiger partial charge is 0.491 e. The third-order valence-electron chi connectivity index (χ3n) is 5.44. The molecule has 1 fully saturated rings. The smallest absolute Gasteiger partial charge is 0.255 e. The number of piperazine rings is 1. The topological polar surface area (TPSA) is 61.9 Å². The van der Waals surface area contributed by atoms with Gasteiger partial charge in [0.25, 0.3) is 5.91 Å². The van der Waals surface area contributed by atoms with Crippen LogP contribution in [0.1, 0.15) is 21.5 Å². The highest BCUT2D eigenvalue weighted by molar-refractivity contribution is 6.05. The monoisotopic (exact) mass is 391 g/mol. The number of para-hydroxylation sites is 1. The molecule has 0 saturated carbocycles. The molecule has 0 aliphatic carbocycles. The van der Waals surface area contributed by atoms with Crippen molar-refractivity contribution in [3.8, 4) is 5.75 Å². The molecule has 0 radical (unpaired) electrons. The van der Waals surface area contributed by atoms with Crippen LogP contribution in [0.3, 0.4) is 0 Å². The Morgan fingerprint density at radius 3 is 2.55 bits per heavy atom. The first-order valence-electron chi connectivity index (χ1n) is 9.93. The van der Waals surface area contributed by atoms with E-state index in [0.29, 0.717) is 12.2 Å². The maximum absolute atomic E-state index is 12.6. The third kappa shape index (κ3) is 4.32. The molecule has 0 spiro atoms. The van der Waals surface area contributed by atoms with Gasteiger partial charge in [0, 0.05) is 44.7 Å². The highest BCUT2D eigenvalue weighted by Gasteiger charge is 2.20. The first-order valence-corrected chi connectivity index (χ1v) is 9.93. The molecule has 2 aromatic carbocycles. The molecule has 6 nitrogen and oxygen atoms in total. The van der Waals surface area contributed by atoms with Gasteiger partial charge in [-0.05, 0) is 35.4 Å². The fraction of sp³-hybridized carbons (Fsp3) is 0.304. The molecular formula is C23H25N3O3. The number of hydrogen-bond donors (Lipinski definition) is 1. The van der Waals surface area contributed by atoms with E-state index in [2.05, 4.69) is 16.8 Å². The highest BCUT2D eigenvalue weighted by atomic mass is 16.5. The number of fused-ring (bicyclic) bond motifs is 1. The molecule has 1 saturated heterocycles. The van der Waals surface area contributed by atoms with Crippen LogP contribution in [-0.2, 0) is 17.8 Å². The minimum absolute atomic E-state index is 0.00512. The Morgan fingerprint density at radius 2 is 1.83 bits per heavy atom. The van der Waals surface area contributed by atoms with Gasteiger partial charge in [-0.2, -0.15) is 0 Å². The van der Waals surface area contributed by atoms with E-state index >= 15 is 0 Å². The van der Waals surface area contributed by atoms with Crippen LogP contribution in [0.2, 0.25) is 0 Å². The van der Waals surface area contributed by atoms with Gasteiger partial charge in [0.05, 0.1) is 12.3 Å². The lowest BCUT2D eigenvalue weighted by atomic mass is 10.1. The number of nitrogens with one attached hydrogen (secondary N) is 1. The zero-order chi connectivity index (χ0) is 20.2. The molecule has 4 rings (SSSR count). The molecule has 2 aliphatic rings. The van der Waals surface area contributed by atoms with Crippen molar-refractivity contribution in [3.63, 3.8) is 0 Å². The van der Waals surface area contributed by atoms with Crippen molar-refractivity contribution in [2.75, 3.05) is 38.1 Å². The van der Waals surface area contributed by atoms with E-state index in [1.54, 1.807) is 0 Å². The van der Waals surface area contributed by atoms with Crippen LogP contribution in [0.15, 0.2) is 55.1 Å². The Bertz CT molecular complexity index is 915. The van der Waals surface area contributed by atoms with Gasteiger partial charge in [-0.25, -0.2) is 0 Å². The average molecular weight is 391 g/mol. The highest BCUT2D eigenvalue weighted by Crippen LogP contribution is 2.33. The van der Waals surface area contributed by atoms with Gasteiger partial charge in [-0.1, -0.05) is 30.8 Å². The zero-order valence-electron chi connectivity index (χ0n) is 16.4. The SMILES string of the molecule is C=CC(=O)N1CCN(Cc2ccc(C(=O)Nc3cccc4c3OCC4)cc2)CC1. The standard InChI is InChI=1S/C23H25N3O3/c1-2-21(27)26-13-11-25(12-14-26)16-17-6-8-19(9-7-17)23(28)24-20-5-3-4-18-10-15-29-22(18)20/h2-9H,1,10-16H2,(H,24,28). The number of anilines is 1. The maximum atomic E-state index is 12.6. The molecule has 1 N–H and O–H groups in total. The van der Waals surface area contributed by atoms with Gasteiger partial charge in [-0.3, -0.25) is 14.5 Å². The number of ether oxygens (including phenoxy) is 1. The normalized spacial score (nSPS) is 16.1. The Hall–Kier alpha value is -3.12. The number of amides is 2. The van der Waals surface area contributed by atoms with Crippen LogP contribution in [-0.4, -0.2) is 54.4 Å². The van der Waals surface area contributed by atoms with Crippen molar-refractivity contribution >= 4 is 17.5 Å². The number of nitrogens with zero attached hydrogens (tertiary/aromatic N) is 2. The number of rotatable bonds is 5. The second-order valence-electron chi connectivity index (χ2n) is 7.35. The summed E-state index contributed by atoms with van der Waals surface area (Å²) in [6.45, 7) is 8.11. The number of carbonyl (C=O) groups is 2. The lowest BCUT2D eigenvalue weighted by Crippen LogP contribution is -2.47. The quantitative estimate of drug-likeness (QED) is 0.796. The number of hydrogen-bond acceptors (Lipinski definition) is 4. The van der Waals surface area contributed by atoms with E-state index < -0.39 is 0 Å². The zero-order valence-corrected chi connectivity index (χ0v) is 16.4. The molecule has 2 amide bonds. The Morgan fingerprint density at radius 1 is 1.07 bits per heavy atom. The summed E-state index contributed by atoms with van der Waals surface area (Å²) >= 11 is 0.